The quantitative estimate of drug-likeness (QED) is 0.836. The van der Waals surface area contributed by atoms with Gasteiger partial charge in [-0.05, 0) is 42.4 Å². The van der Waals surface area contributed by atoms with E-state index in [4.69, 9.17) is 5.11 Å². The van der Waals surface area contributed by atoms with Crippen molar-refractivity contribution in [3.63, 3.8) is 0 Å². The van der Waals surface area contributed by atoms with Crippen LogP contribution in [0.15, 0.2) is 28.7 Å². The molecule has 1 aliphatic carbocycles. The summed E-state index contributed by atoms with van der Waals surface area (Å²) in [5.74, 6) is 0.919. The van der Waals surface area contributed by atoms with E-state index in [0.29, 0.717) is 18.3 Å². The summed E-state index contributed by atoms with van der Waals surface area (Å²) in [5.41, 5.74) is 1.23. The molecule has 0 spiro atoms. The molecule has 0 saturated heterocycles. The normalized spacial score (nSPS) is 22.6. The number of hydrogen-bond donors (Lipinski definition) is 2. The van der Waals surface area contributed by atoms with E-state index in [-0.39, 0.29) is 24.5 Å². The van der Waals surface area contributed by atoms with Gasteiger partial charge in [-0.2, -0.15) is 0 Å². The molecule has 3 nitrogen and oxygen atoms in total. The lowest BCUT2D eigenvalue weighted by Gasteiger charge is -2.21. The Morgan fingerprint density at radius 2 is 2.05 bits per heavy atom. The van der Waals surface area contributed by atoms with Gasteiger partial charge in [0.15, 0.2) is 0 Å². The average Bonchev–Trinajstić information content (AvgIpc) is 3.19. The van der Waals surface area contributed by atoms with Crippen molar-refractivity contribution in [1.82, 2.24) is 5.32 Å². The number of nitrogens with one attached hydrogen (secondary N) is 1. The first kappa shape index (κ1) is 15.5. The number of aliphatic hydroxyl groups is 1. The van der Waals surface area contributed by atoms with E-state index in [0.717, 1.165) is 10.9 Å². The number of benzene rings is 1. The number of amides is 1. The van der Waals surface area contributed by atoms with Crippen molar-refractivity contribution in [2.45, 2.75) is 38.6 Å². The van der Waals surface area contributed by atoms with Crippen LogP contribution < -0.4 is 5.32 Å². The summed E-state index contributed by atoms with van der Waals surface area (Å²) in [4.78, 5) is 12.2. The van der Waals surface area contributed by atoms with Crippen LogP contribution in [0.2, 0.25) is 0 Å². The summed E-state index contributed by atoms with van der Waals surface area (Å²) in [5, 5.41) is 12.1. The second kappa shape index (κ2) is 6.72. The van der Waals surface area contributed by atoms with Crippen molar-refractivity contribution in [2.24, 2.45) is 11.8 Å². The lowest BCUT2D eigenvalue weighted by Crippen LogP contribution is -2.40. The summed E-state index contributed by atoms with van der Waals surface area (Å²) in [7, 11) is 0. The van der Waals surface area contributed by atoms with Crippen LogP contribution in [-0.4, -0.2) is 23.7 Å². The van der Waals surface area contributed by atoms with Crippen LogP contribution >= 0.6 is 15.9 Å². The zero-order valence-electron chi connectivity index (χ0n) is 12.0. The molecule has 1 fully saturated rings. The molecule has 1 aromatic carbocycles. The topological polar surface area (TPSA) is 49.3 Å². The van der Waals surface area contributed by atoms with Gasteiger partial charge in [0, 0.05) is 23.0 Å². The maximum absolute atomic E-state index is 12.2. The number of rotatable bonds is 6. The van der Waals surface area contributed by atoms with Crippen LogP contribution in [0.3, 0.4) is 0 Å². The van der Waals surface area contributed by atoms with Gasteiger partial charge >= 0.3 is 0 Å². The molecule has 20 heavy (non-hydrogen) atoms. The third-order valence-corrected chi connectivity index (χ3v) is 4.53. The van der Waals surface area contributed by atoms with Crippen molar-refractivity contribution in [1.29, 1.82) is 0 Å². The van der Waals surface area contributed by atoms with Crippen LogP contribution in [0.25, 0.3) is 0 Å². The molecule has 0 aliphatic heterocycles. The highest BCUT2D eigenvalue weighted by Gasteiger charge is 2.44. The van der Waals surface area contributed by atoms with Gasteiger partial charge in [-0.25, -0.2) is 0 Å². The number of carbonyl (C=O) groups excluding carboxylic acids is 1. The van der Waals surface area contributed by atoms with Crippen molar-refractivity contribution >= 4 is 21.8 Å². The van der Waals surface area contributed by atoms with Gasteiger partial charge in [0.25, 0.3) is 0 Å². The molecule has 110 valence electrons. The molecule has 1 aliphatic rings. The first-order valence-corrected chi connectivity index (χ1v) is 7.99. The molecule has 0 heterocycles. The minimum atomic E-state index is 0.0682. The number of carbonyl (C=O) groups is 1. The third kappa shape index (κ3) is 3.83. The molecule has 1 aromatic rings. The van der Waals surface area contributed by atoms with E-state index >= 15 is 0 Å². The molecule has 0 radical (unpaired) electrons. The first-order valence-electron chi connectivity index (χ1n) is 7.19. The molecule has 1 amide bonds. The highest BCUT2D eigenvalue weighted by atomic mass is 79.9. The molecule has 1 saturated carbocycles. The zero-order chi connectivity index (χ0) is 14.7. The lowest BCUT2D eigenvalue weighted by molar-refractivity contribution is -0.123. The molecule has 3 unspecified atom stereocenters. The maximum Gasteiger partial charge on any atom is 0.223 e. The highest BCUT2D eigenvalue weighted by molar-refractivity contribution is 9.10. The van der Waals surface area contributed by atoms with Crippen molar-refractivity contribution in [3.05, 3.63) is 34.3 Å². The van der Waals surface area contributed by atoms with E-state index < -0.39 is 0 Å². The zero-order valence-corrected chi connectivity index (χ0v) is 13.6. The summed E-state index contributed by atoms with van der Waals surface area (Å²) >= 11 is 3.42. The van der Waals surface area contributed by atoms with Crippen LogP contribution in [0.5, 0.6) is 0 Å². The van der Waals surface area contributed by atoms with Crippen molar-refractivity contribution < 1.29 is 9.90 Å². The molecule has 0 bridgehead atoms. The summed E-state index contributed by atoms with van der Waals surface area (Å²) in [6.45, 7) is 4.25. The number of aliphatic hydroxyl groups excluding tert-OH is 1. The predicted octanol–water partition coefficient (Wildman–Crippen LogP) is 3.08. The minimum Gasteiger partial charge on any atom is -0.396 e. The van der Waals surface area contributed by atoms with Crippen LogP contribution in [-0.2, 0) is 4.79 Å². The van der Waals surface area contributed by atoms with E-state index in [2.05, 4.69) is 47.2 Å². The molecular formula is C16H22BrNO2. The van der Waals surface area contributed by atoms with E-state index in [1.807, 2.05) is 12.1 Å². The van der Waals surface area contributed by atoms with E-state index in [9.17, 15) is 4.79 Å². The molecule has 3 atom stereocenters. The molecule has 2 rings (SSSR count). The fraction of sp³-hybridized carbons (Fsp3) is 0.562. The van der Waals surface area contributed by atoms with Crippen LogP contribution in [0.4, 0.5) is 0 Å². The minimum absolute atomic E-state index is 0.0682. The Morgan fingerprint density at radius 3 is 2.60 bits per heavy atom. The smallest absolute Gasteiger partial charge is 0.223 e. The second-order valence-electron chi connectivity index (χ2n) is 5.87. The van der Waals surface area contributed by atoms with Crippen LogP contribution in [0.1, 0.15) is 38.2 Å². The second-order valence-corrected chi connectivity index (χ2v) is 6.79. The Morgan fingerprint density at radius 1 is 1.40 bits per heavy atom. The largest absolute Gasteiger partial charge is 0.396 e. The van der Waals surface area contributed by atoms with E-state index in [1.165, 1.54) is 5.56 Å². The van der Waals surface area contributed by atoms with Crippen LogP contribution in [0, 0.1) is 11.8 Å². The maximum atomic E-state index is 12.2. The predicted molar refractivity (Wildman–Crippen MR) is 83.5 cm³/mol. The fourth-order valence-electron chi connectivity index (χ4n) is 2.56. The summed E-state index contributed by atoms with van der Waals surface area (Å²) in [6.07, 6.45) is 1.55. The Labute approximate surface area is 128 Å². The first-order chi connectivity index (χ1) is 9.52. The number of hydrogen-bond acceptors (Lipinski definition) is 2. The monoisotopic (exact) mass is 339 g/mol. The standard InChI is InChI=1S/C16H22BrNO2/c1-10(2)15(7-8-19)18-16(20)14-9-13(14)11-3-5-12(17)6-4-11/h3-6,10,13-15,19H,7-9H2,1-2H3,(H,18,20). The highest BCUT2D eigenvalue weighted by Crippen LogP contribution is 2.47. The molecular weight excluding hydrogens is 318 g/mol. The number of halogens is 1. The average molecular weight is 340 g/mol. The van der Waals surface area contributed by atoms with Gasteiger partial charge in [-0.15, -0.1) is 0 Å². The van der Waals surface area contributed by atoms with E-state index in [1.54, 1.807) is 0 Å². The molecule has 2 N–H and O–H groups in total. The summed E-state index contributed by atoms with van der Waals surface area (Å²) < 4.78 is 1.06. The van der Waals surface area contributed by atoms with Gasteiger partial charge < -0.3 is 10.4 Å². The summed E-state index contributed by atoms with van der Waals surface area (Å²) in [6, 6.07) is 8.26. The van der Waals surface area contributed by atoms with Gasteiger partial charge in [-0.3, -0.25) is 4.79 Å². The Kier molecular flexibility index (Phi) is 5.22. The van der Waals surface area contributed by atoms with Crippen molar-refractivity contribution in [3.8, 4) is 0 Å². The molecule has 4 heteroatoms. The van der Waals surface area contributed by atoms with Gasteiger partial charge in [-0.1, -0.05) is 41.9 Å². The van der Waals surface area contributed by atoms with Gasteiger partial charge in [0.1, 0.15) is 0 Å². The molecule has 0 aromatic heterocycles. The van der Waals surface area contributed by atoms with Gasteiger partial charge in [0.2, 0.25) is 5.91 Å². The Bertz CT molecular complexity index is 458. The van der Waals surface area contributed by atoms with Crippen molar-refractivity contribution in [2.75, 3.05) is 6.61 Å². The SMILES string of the molecule is CC(C)C(CCO)NC(=O)C1CC1c1ccc(Br)cc1. The lowest BCUT2D eigenvalue weighted by atomic mass is 10.0. The third-order valence-electron chi connectivity index (χ3n) is 4.00. The Hall–Kier alpha value is -0.870. The van der Waals surface area contributed by atoms with Gasteiger partial charge in [0.05, 0.1) is 0 Å². The fourth-order valence-corrected chi connectivity index (χ4v) is 2.83. The Balaban J connectivity index is 1.90.